The van der Waals surface area contributed by atoms with Gasteiger partial charge in [-0.3, -0.25) is 14.5 Å². The Morgan fingerprint density at radius 3 is 2.22 bits per heavy atom. The number of aliphatic hydroxyl groups excluding tert-OH is 1. The minimum absolute atomic E-state index is 0.0949. The molecule has 8 heterocycles. The summed E-state index contributed by atoms with van der Waals surface area (Å²) in [4.78, 5) is 48.1. The third-order valence-corrected chi connectivity index (χ3v) is 20.6. The van der Waals surface area contributed by atoms with E-state index >= 15 is 0 Å². The number of anilines is 3. The number of hydrogen-bond acceptors (Lipinski definition) is 17. The van der Waals surface area contributed by atoms with E-state index in [0.717, 1.165) is 150 Å². The van der Waals surface area contributed by atoms with Crippen molar-refractivity contribution >= 4 is 40.5 Å². The van der Waals surface area contributed by atoms with E-state index in [4.69, 9.17) is 15.0 Å². The van der Waals surface area contributed by atoms with Gasteiger partial charge in [-0.15, -0.1) is 21.5 Å². The molecule has 0 radical (unpaired) electrons. The highest BCUT2D eigenvalue weighted by atomic mass is 32.1. The molecule has 5 saturated heterocycles. The van der Waals surface area contributed by atoms with Gasteiger partial charge in [-0.1, -0.05) is 55.4 Å². The number of likely N-dealkylation sites (tertiary alicyclic amines) is 2. The Balaban J connectivity index is 0.541. The van der Waals surface area contributed by atoms with Gasteiger partial charge in [0.15, 0.2) is 17.4 Å². The number of amides is 2. The topological polar surface area (TPSA) is 206 Å². The zero-order chi connectivity index (χ0) is 55.9. The molecule has 0 spiro atoms. The lowest BCUT2D eigenvalue weighted by molar-refractivity contribution is -0.141. The number of β-amino-alcohol motifs (C(OH)–C–C–N with tert-alkyl or cyclic N) is 1. The number of piperidine rings is 3. The maximum atomic E-state index is 14.4. The van der Waals surface area contributed by atoms with Crippen LogP contribution in [0.4, 0.5) is 17.3 Å². The molecule has 7 atom stereocenters. The van der Waals surface area contributed by atoms with Crippen LogP contribution in [0.25, 0.3) is 21.7 Å². The van der Waals surface area contributed by atoms with Crippen molar-refractivity contribution in [1.29, 1.82) is 0 Å². The smallest absolute Gasteiger partial charge is 0.243 e. The van der Waals surface area contributed by atoms with Gasteiger partial charge < -0.3 is 55.0 Å². The minimum Gasteiger partial charge on any atom is -0.507 e. The Hall–Kier alpha value is -5.70. The van der Waals surface area contributed by atoms with Crippen molar-refractivity contribution in [3.05, 3.63) is 83.2 Å². The average Bonchev–Trinajstić information content (AvgIpc) is 4.33. The first kappa shape index (κ1) is 55.8. The Kier molecular flexibility index (Phi) is 16.7. The monoisotopic (exact) mass is 1120 g/mol. The quantitative estimate of drug-likeness (QED) is 0.0714. The fraction of sp³-hybridized carbons (Fsp3) is 0.613. The van der Waals surface area contributed by atoms with E-state index in [-0.39, 0.29) is 42.5 Å². The van der Waals surface area contributed by atoms with Gasteiger partial charge in [0.05, 0.1) is 51.8 Å². The van der Waals surface area contributed by atoms with Gasteiger partial charge in [-0.05, 0) is 124 Å². The molecule has 434 valence electrons. The van der Waals surface area contributed by atoms with E-state index < -0.39 is 18.1 Å². The summed E-state index contributed by atoms with van der Waals surface area (Å²) in [6.45, 7) is 20.9. The molecule has 3 aromatic heterocycles. The summed E-state index contributed by atoms with van der Waals surface area (Å²) in [5.41, 5.74) is 13.6. The maximum absolute atomic E-state index is 14.4. The first-order valence-corrected chi connectivity index (χ1v) is 31.2. The molecule has 18 nitrogen and oxygen atoms in total. The van der Waals surface area contributed by atoms with Crippen molar-refractivity contribution in [3.8, 4) is 27.4 Å². The number of phenols is 1. The summed E-state index contributed by atoms with van der Waals surface area (Å²) in [6, 6.07) is 18.9. The van der Waals surface area contributed by atoms with Crippen molar-refractivity contribution in [2.75, 3.05) is 101 Å². The number of aromatic hydroxyl groups is 1. The number of rotatable bonds is 17. The highest BCUT2D eigenvalue weighted by Gasteiger charge is 2.46. The molecule has 2 amide bonds. The van der Waals surface area contributed by atoms with Gasteiger partial charge in [0.2, 0.25) is 11.8 Å². The molecule has 5 N–H and O–H groups in total. The number of aliphatic hydroxyl groups is 1. The van der Waals surface area contributed by atoms with E-state index in [9.17, 15) is 19.8 Å². The number of aromatic nitrogens is 4. The van der Waals surface area contributed by atoms with Crippen LogP contribution in [0.1, 0.15) is 108 Å². The number of phenolic OH excluding ortho intramolecular Hbond substituents is 1. The molecule has 5 aliphatic heterocycles. The predicted octanol–water partition coefficient (Wildman–Crippen LogP) is 7.44. The van der Waals surface area contributed by atoms with Gasteiger partial charge in [-0.2, -0.15) is 0 Å². The van der Waals surface area contributed by atoms with Crippen LogP contribution in [0.2, 0.25) is 0 Å². The van der Waals surface area contributed by atoms with Crippen LogP contribution in [0.15, 0.2) is 70.7 Å². The Morgan fingerprint density at radius 1 is 0.815 bits per heavy atom. The number of nitrogens with two attached hydrogens (primary N) is 1. The van der Waals surface area contributed by atoms with Gasteiger partial charge in [0.25, 0.3) is 0 Å². The SMILES string of the molecule is Cc1ncsc1-c1ccc([C@H](C)NC(=O)[C@@H]2C[C@@H](O)CN2C(=O)[C@@H](c2cc(N3CCC(CN4CCC(OC5CC(N6CCN(CC7C8CC[C@H]7CN(c7cc(-c9ccccc9O)nnc7N)C8)CC6)C5)CC4)CC3)no2)C(C)C)cc1. The second-order valence-corrected chi connectivity index (χ2v) is 26.0. The van der Waals surface area contributed by atoms with Gasteiger partial charge in [0.1, 0.15) is 17.7 Å². The molecule has 2 unspecified atom stereocenters. The summed E-state index contributed by atoms with van der Waals surface area (Å²) in [7, 11) is 0. The van der Waals surface area contributed by atoms with Crippen LogP contribution in [0, 0.1) is 36.5 Å². The normalized spacial score (nSPS) is 27.0. The van der Waals surface area contributed by atoms with Crippen LogP contribution >= 0.6 is 11.3 Å². The van der Waals surface area contributed by atoms with Gasteiger partial charge >= 0.3 is 0 Å². The van der Waals surface area contributed by atoms with Crippen LogP contribution in [-0.4, -0.2) is 177 Å². The molecule has 7 aliphatic rings. The average molecular weight is 1130 g/mol. The summed E-state index contributed by atoms with van der Waals surface area (Å²) < 4.78 is 12.7. The van der Waals surface area contributed by atoms with Crippen molar-refractivity contribution in [2.45, 2.75) is 128 Å². The molecular formula is C62H84N12O6S. The van der Waals surface area contributed by atoms with Crippen LogP contribution in [-0.2, 0) is 14.3 Å². The molecule has 2 aliphatic carbocycles. The third kappa shape index (κ3) is 12.2. The standard InChI is InChI=1S/C62H84N12O6S/c1-38(2)58(62(78)74-35-47(75)29-54(74)61(77)65-39(3)42-9-11-43(12-10-42)59-40(4)64-37-81-59)56-31-57(68-80-56)72-21-15-41(16-22-72)32-69-19-17-48(18-20-69)79-49-27-46(28-49)71-25-23-70(24-26-71)36-51-44-13-14-45(51)34-73(33-44)53-30-52(66-67-60(53)63)50-7-5-6-8-55(50)76/h5-12,30-31,37-39,41,44-49,51,54,58,75-76H,13-29,32-36H2,1-4H3,(H2,63,67)(H,65,77)/t39-,44-,45?,46?,47+,49?,51?,54-,58+/m0/s1. The number of para-hydroxylation sites is 1. The first-order valence-electron chi connectivity index (χ1n) is 30.3. The molecule has 12 rings (SSSR count). The van der Waals surface area contributed by atoms with Crippen molar-refractivity contribution < 1.29 is 29.1 Å². The Bertz CT molecular complexity index is 2930. The lowest BCUT2D eigenvalue weighted by atomic mass is 9.84. The Labute approximate surface area is 481 Å². The highest BCUT2D eigenvalue weighted by Crippen LogP contribution is 2.45. The number of nitrogen functional groups attached to an aromatic ring is 1. The number of hydrogen-bond donors (Lipinski definition) is 4. The number of nitrogens with zero attached hydrogens (tertiary/aromatic N) is 10. The number of ether oxygens (including phenoxy) is 1. The highest BCUT2D eigenvalue weighted by molar-refractivity contribution is 7.13. The Morgan fingerprint density at radius 2 is 1.53 bits per heavy atom. The number of nitrogens with one attached hydrogen (secondary N) is 1. The van der Waals surface area contributed by atoms with E-state index in [1.807, 2.05) is 87.8 Å². The fourth-order valence-corrected chi connectivity index (χ4v) is 15.6. The minimum atomic E-state index is -0.793. The third-order valence-electron chi connectivity index (χ3n) is 19.6. The van der Waals surface area contributed by atoms with E-state index in [0.29, 0.717) is 58.8 Å². The van der Waals surface area contributed by atoms with E-state index in [2.05, 4.69) is 50.2 Å². The molecule has 7 fully saturated rings. The van der Waals surface area contributed by atoms with Gasteiger partial charge in [0, 0.05) is 109 Å². The van der Waals surface area contributed by atoms with Crippen LogP contribution in [0.3, 0.4) is 0 Å². The first-order chi connectivity index (χ1) is 39.3. The number of aryl methyl sites for hydroxylation is 1. The molecule has 2 bridgehead atoms. The lowest BCUT2D eigenvalue weighted by Crippen LogP contribution is -2.57. The summed E-state index contributed by atoms with van der Waals surface area (Å²) in [6.07, 6.45) is 9.36. The summed E-state index contributed by atoms with van der Waals surface area (Å²) in [5.74, 6) is 3.29. The second-order valence-electron chi connectivity index (χ2n) is 25.2. The number of thiazole rings is 1. The number of piperazine rings is 1. The maximum Gasteiger partial charge on any atom is 0.243 e. The number of fused-ring (bicyclic) bond motifs is 2. The zero-order valence-corrected chi connectivity index (χ0v) is 48.6. The predicted molar refractivity (Wildman–Crippen MR) is 315 cm³/mol. The van der Waals surface area contributed by atoms with Gasteiger partial charge in [-0.25, -0.2) is 4.98 Å². The second kappa shape index (κ2) is 24.3. The molecule has 5 aromatic rings. The van der Waals surface area contributed by atoms with Crippen molar-refractivity contribution in [2.24, 2.45) is 29.6 Å². The van der Waals surface area contributed by atoms with Crippen LogP contribution in [0.5, 0.6) is 5.75 Å². The van der Waals surface area contributed by atoms with Crippen molar-refractivity contribution in [3.63, 3.8) is 0 Å². The zero-order valence-electron chi connectivity index (χ0n) is 47.8. The van der Waals surface area contributed by atoms with E-state index in [1.54, 1.807) is 22.3 Å². The summed E-state index contributed by atoms with van der Waals surface area (Å²) >= 11 is 1.61. The molecule has 81 heavy (non-hydrogen) atoms. The van der Waals surface area contributed by atoms with E-state index in [1.165, 1.54) is 19.4 Å². The number of carbonyl (C=O) groups is 2. The lowest BCUT2D eigenvalue weighted by Gasteiger charge is -2.48. The largest absolute Gasteiger partial charge is 0.507 e. The molecular weight excluding hydrogens is 1040 g/mol. The molecule has 2 aromatic carbocycles. The summed E-state index contributed by atoms with van der Waals surface area (Å²) in [5, 5.41) is 37.5. The number of carbonyl (C=O) groups excluding carboxylic acids is 2. The molecule has 2 saturated carbocycles. The van der Waals surface area contributed by atoms with Crippen LogP contribution < -0.4 is 20.9 Å². The van der Waals surface area contributed by atoms with Crippen molar-refractivity contribution in [1.82, 2.24) is 45.3 Å². The number of benzene rings is 2. The fourth-order valence-electron chi connectivity index (χ4n) is 14.8. The molecule has 19 heteroatoms.